The number of hydrogen-bond acceptors (Lipinski definition) is 2. The second kappa shape index (κ2) is 6.26. The zero-order valence-electron chi connectivity index (χ0n) is 14.5. The van der Waals surface area contributed by atoms with Gasteiger partial charge in [0.25, 0.3) is 5.91 Å². The number of benzene rings is 2. The average Bonchev–Trinajstić information content (AvgIpc) is 3.26. The summed E-state index contributed by atoms with van der Waals surface area (Å²) in [5, 5.41) is 3.88. The largest absolute Gasteiger partial charge is 0.434 e. The van der Waals surface area contributed by atoms with E-state index < -0.39 is 23.3 Å². The molecule has 1 aliphatic rings. The molecule has 0 aliphatic carbocycles. The summed E-state index contributed by atoms with van der Waals surface area (Å²) in [6, 6.07) is 13.8. The number of carbonyl (C=O) groups is 1. The number of halogens is 3. The summed E-state index contributed by atoms with van der Waals surface area (Å²) >= 11 is 0. The van der Waals surface area contributed by atoms with Gasteiger partial charge in [-0.15, -0.1) is 0 Å². The van der Waals surface area contributed by atoms with Crippen molar-refractivity contribution in [3.63, 3.8) is 0 Å². The third-order valence-corrected chi connectivity index (χ3v) is 4.68. The Hall–Kier alpha value is -3.09. The predicted octanol–water partition coefficient (Wildman–Crippen LogP) is 4.40. The Balaban J connectivity index is 1.80. The quantitative estimate of drug-likeness (QED) is 0.670. The monoisotopic (exact) mass is 371 g/mol. The molecule has 1 amide bonds. The lowest BCUT2D eigenvalue weighted by molar-refractivity contribution is -0.143. The number of amides is 1. The molecular weight excluding hydrogens is 355 g/mol. The molecule has 0 unspecified atom stereocenters. The summed E-state index contributed by atoms with van der Waals surface area (Å²) in [6.45, 7) is 2.20. The highest BCUT2D eigenvalue weighted by atomic mass is 19.4. The van der Waals surface area contributed by atoms with Crippen LogP contribution in [0.2, 0.25) is 0 Å². The second-order valence-corrected chi connectivity index (χ2v) is 6.49. The topological polar surface area (TPSA) is 38.1 Å². The van der Waals surface area contributed by atoms with Crippen molar-refractivity contribution in [1.29, 1.82) is 0 Å². The van der Waals surface area contributed by atoms with Crippen LogP contribution < -0.4 is 4.90 Å². The van der Waals surface area contributed by atoms with E-state index in [0.29, 0.717) is 18.7 Å². The van der Waals surface area contributed by atoms with Crippen molar-refractivity contribution in [2.24, 2.45) is 0 Å². The maximum Gasteiger partial charge on any atom is 0.434 e. The molecule has 0 saturated carbocycles. The minimum atomic E-state index is -4.72. The van der Waals surface area contributed by atoms with Gasteiger partial charge in [0.15, 0.2) is 5.69 Å². The number of anilines is 1. The standard InChI is InChI=1S/C20H16F3N3O/c1-13-6-8-15(9-7-13)26-18(20(21,22)23)16(12-24-26)19(27)25-11-10-14-4-2-3-5-17(14)25/h2-9,12H,10-11H2,1H3. The summed E-state index contributed by atoms with van der Waals surface area (Å²) in [4.78, 5) is 14.3. The Kier molecular flexibility index (Phi) is 4.02. The Morgan fingerprint density at radius 2 is 1.78 bits per heavy atom. The van der Waals surface area contributed by atoms with Gasteiger partial charge in [0.2, 0.25) is 0 Å². The Labute approximate surface area is 153 Å². The first kappa shape index (κ1) is 17.3. The molecule has 4 nitrogen and oxygen atoms in total. The van der Waals surface area contributed by atoms with Crippen LogP contribution in [0.15, 0.2) is 54.7 Å². The summed E-state index contributed by atoms with van der Waals surface area (Å²) in [7, 11) is 0. The van der Waals surface area contributed by atoms with Crippen molar-refractivity contribution in [2.75, 3.05) is 11.4 Å². The molecule has 27 heavy (non-hydrogen) atoms. The van der Waals surface area contributed by atoms with Crippen LogP contribution in [0, 0.1) is 6.92 Å². The van der Waals surface area contributed by atoms with Gasteiger partial charge in [-0.25, -0.2) is 4.68 Å². The van der Waals surface area contributed by atoms with Crippen molar-refractivity contribution >= 4 is 11.6 Å². The van der Waals surface area contributed by atoms with Crippen LogP contribution in [0.1, 0.15) is 27.2 Å². The molecule has 2 heterocycles. The van der Waals surface area contributed by atoms with Gasteiger partial charge < -0.3 is 4.90 Å². The first-order chi connectivity index (χ1) is 12.9. The van der Waals surface area contributed by atoms with Crippen LogP contribution in [0.4, 0.5) is 18.9 Å². The summed E-state index contributed by atoms with van der Waals surface area (Å²) in [5.74, 6) is -0.689. The normalized spacial score (nSPS) is 13.7. The SMILES string of the molecule is Cc1ccc(-n2ncc(C(=O)N3CCc4ccccc43)c2C(F)(F)F)cc1. The predicted molar refractivity (Wildman–Crippen MR) is 95.1 cm³/mol. The Bertz CT molecular complexity index is 1010. The Morgan fingerprint density at radius 3 is 2.48 bits per heavy atom. The molecule has 0 bridgehead atoms. The number of alkyl halides is 3. The minimum absolute atomic E-state index is 0.258. The molecule has 2 aromatic carbocycles. The van der Waals surface area contributed by atoms with Gasteiger partial charge >= 0.3 is 6.18 Å². The van der Waals surface area contributed by atoms with E-state index in [0.717, 1.165) is 22.0 Å². The maximum atomic E-state index is 13.8. The summed E-state index contributed by atoms with van der Waals surface area (Å²) in [5.41, 5.74) is 1.28. The van der Waals surface area contributed by atoms with Crippen LogP contribution in [0.25, 0.3) is 5.69 Å². The lowest BCUT2D eigenvalue weighted by Crippen LogP contribution is -2.31. The summed E-state index contributed by atoms with van der Waals surface area (Å²) in [6.07, 6.45) is -3.09. The minimum Gasteiger partial charge on any atom is -0.308 e. The van der Waals surface area contributed by atoms with Gasteiger partial charge in [-0.1, -0.05) is 35.9 Å². The third kappa shape index (κ3) is 2.99. The average molecular weight is 371 g/mol. The van der Waals surface area contributed by atoms with E-state index in [1.165, 1.54) is 4.90 Å². The molecule has 3 aromatic rings. The van der Waals surface area contributed by atoms with E-state index in [1.54, 1.807) is 36.4 Å². The maximum absolute atomic E-state index is 13.8. The fourth-order valence-corrected chi connectivity index (χ4v) is 3.35. The molecule has 0 radical (unpaired) electrons. The number of rotatable bonds is 2. The van der Waals surface area contributed by atoms with Gasteiger partial charge in [-0.2, -0.15) is 18.3 Å². The lowest BCUT2D eigenvalue weighted by Gasteiger charge is -2.18. The summed E-state index contributed by atoms with van der Waals surface area (Å²) < 4.78 is 42.2. The van der Waals surface area contributed by atoms with E-state index >= 15 is 0 Å². The number of carbonyl (C=O) groups excluding carboxylic acids is 1. The van der Waals surface area contributed by atoms with E-state index in [9.17, 15) is 18.0 Å². The first-order valence-corrected chi connectivity index (χ1v) is 8.48. The number of aryl methyl sites for hydroxylation is 1. The molecule has 0 saturated heterocycles. The molecule has 0 atom stereocenters. The molecular formula is C20H16F3N3O. The van der Waals surface area contributed by atoms with Gasteiger partial charge in [0.1, 0.15) is 0 Å². The van der Waals surface area contributed by atoms with E-state index in [-0.39, 0.29) is 5.69 Å². The van der Waals surface area contributed by atoms with E-state index in [1.807, 2.05) is 19.1 Å². The van der Waals surface area contributed by atoms with Gasteiger partial charge in [-0.05, 0) is 37.1 Å². The smallest absolute Gasteiger partial charge is 0.308 e. The lowest BCUT2D eigenvalue weighted by atomic mass is 10.1. The molecule has 4 rings (SSSR count). The van der Waals surface area contributed by atoms with Crippen LogP contribution >= 0.6 is 0 Å². The van der Waals surface area contributed by atoms with E-state index in [2.05, 4.69) is 5.10 Å². The Morgan fingerprint density at radius 1 is 1.07 bits per heavy atom. The van der Waals surface area contributed by atoms with Gasteiger partial charge in [-0.3, -0.25) is 4.79 Å². The first-order valence-electron chi connectivity index (χ1n) is 8.48. The molecule has 0 fully saturated rings. The van der Waals surface area contributed by atoms with Gasteiger partial charge in [0.05, 0.1) is 17.4 Å². The zero-order chi connectivity index (χ0) is 19.2. The van der Waals surface area contributed by atoms with Crippen LogP contribution in [0.5, 0.6) is 0 Å². The highest BCUT2D eigenvalue weighted by molar-refractivity contribution is 6.08. The molecule has 0 spiro atoms. The fraction of sp³-hybridized carbons (Fsp3) is 0.200. The van der Waals surface area contributed by atoms with Crippen molar-refractivity contribution in [3.8, 4) is 5.69 Å². The number of hydrogen-bond donors (Lipinski definition) is 0. The third-order valence-electron chi connectivity index (χ3n) is 4.68. The molecule has 1 aromatic heterocycles. The number of fused-ring (bicyclic) bond motifs is 1. The number of nitrogens with zero attached hydrogens (tertiary/aromatic N) is 3. The fourth-order valence-electron chi connectivity index (χ4n) is 3.35. The van der Waals surface area contributed by atoms with Crippen molar-refractivity contribution in [3.05, 3.63) is 77.1 Å². The van der Waals surface area contributed by atoms with Crippen molar-refractivity contribution < 1.29 is 18.0 Å². The number of para-hydroxylation sites is 1. The zero-order valence-corrected chi connectivity index (χ0v) is 14.5. The van der Waals surface area contributed by atoms with Crippen LogP contribution in [-0.2, 0) is 12.6 Å². The molecule has 0 N–H and O–H groups in total. The molecule has 1 aliphatic heterocycles. The van der Waals surface area contributed by atoms with Crippen LogP contribution in [-0.4, -0.2) is 22.2 Å². The number of aromatic nitrogens is 2. The highest BCUT2D eigenvalue weighted by Gasteiger charge is 2.42. The van der Waals surface area contributed by atoms with Crippen LogP contribution in [0.3, 0.4) is 0 Å². The van der Waals surface area contributed by atoms with Crippen molar-refractivity contribution in [1.82, 2.24) is 9.78 Å². The van der Waals surface area contributed by atoms with Gasteiger partial charge in [0, 0.05) is 12.2 Å². The molecule has 138 valence electrons. The van der Waals surface area contributed by atoms with E-state index in [4.69, 9.17) is 0 Å². The second-order valence-electron chi connectivity index (χ2n) is 6.49. The highest BCUT2D eigenvalue weighted by Crippen LogP contribution is 2.36. The molecule has 7 heteroatoms. The van der Waals surface area contributed by atoms with Crippen molar-refractivity contribution in [2.45, 2.75) is 19.5 Å².